The zero-order valence-corrected chi connectivity index (χ0v) is 4.24. The van der Waals surface area contributed by atoms with E-state index in [9.17, 15) is 0 Å². The van der Waals surface area contributed by atoms with Crippen molar-refractivity contribution >= 4 is 0 Å². The van der Waals surface area contributed by atoms with Crippen molar-refractivity contribution < 1.29 is 37.4 Å². The first-order valence-corrected chi connectivity index (χ1v) is 0. The summed E-state index contributed by atoms with van der Waals surface area (Å²) in [5.41, 5.74) is 0. The van der Waals surface area contributed by atoms with E-state index in [0.29, 0.717) is 0 Å². The van der Waals surface area contributed by atoms with Gasteiger partial charge in [0.25, 0.3) is 0 Å². The molecular weight excluding hydrogens is 94.5 g/mol. The zero-order chi connectivity index (χ0) is 0. The molecule has 0 heterocycles. The van der Waals surface area contributed by atoms with Crippen molar-refractivity contribution in [2.45, 2.75) is 0 Å². The van der Waals surface area contributed by atoms with Crippen LogP contribution in [0, 0.1) is 14.9 Å². The molecule has 27 valence electrons. The maximum absolute atomic E-state index is 0. The van der Waals surface area contributed by atoms with Crippen LogP contribution in [0.15, 0.2) is 0 Å². The Labute approximate surface area is 52.5 Å². The Kier molecular flexibility index (Phi) is 557. The molecule has 0 aromatic carbocycles. The van der Waals surface area contributed by atoms with Gasteiger partial charge in [0.1, 0.15) is 0 Å². The topological polar surface area (TPSA) is 0 Å². The first kappa shape index (κ1) is 69.5. The van der Waals surface area contributed by atoms with Gasteiger partial charge in [-0.25, -0.2) is 0 Å². The average molecular weight is 102 g/mol. The van der Waals surface area contributed by atoms with Crippen LogP contribution in [0.4, 0.5) is 0 Å². The summed E-state index contributed by atoms with van der Waals surface area (Å²) in [7, 11) is 0. The standard InChI is InChI=1S/2CH3.Cu.Li.H/h2*1H3;;;/q2*-1;+2;+1;-1. The molecular formula is C2H7CuLi. The van der Waals surface area contributed by atoms with Gasteiger partial charge in [-0.1, -0.05) is 0 Å². The molecule has 0 aromatic rings. The molecule has 1 radical (unpaired) electrons. The van der Waals surface area contributed by atoms with E-state index in [2.05, 4.69) is 0 Å². The minimum absolute atomic E-state index is 0. The Morgan fingerprint density at radius 3 is 1.00 bits per heavy atom. The molecule has 0 rings (SSSR count). The Balaban J connectivity index is 0. The summed E-state index contributed by atoms with van der Waals surface area (Å²) in [6, 6.07) is 0. The van der Waals surface area contributed by atoms with Gasteiger partial charge < -0.3 is 16.3 Å². The SMILES string of the molecule is [CH3-].[CH3-].[Cu+2].[H-].[Li+]. The van der Waals surface area contributed by atoms with Gasteiger partial charge in [-0.15, -0.1) is 0 Å². The summed E-state index contributed by atoms with van der Waals surface area (Å²) in [5.74, 6) is 0. The molecule has 0 unspecified atom stereocenters. The van der Waals surface area contributed by atoms with Crippen molar-refractivity contribution in [3.8, 4) is 0 Å². The molecule has 0 aliphatic carbocycles. The smallest absolute Gasteiger partial charge is 1.00 e. The maximum atomic E-state index is 0. The predicted molar refractivity (Wildman–Crippen MR) is 13.9 cm³/mol. The minimum Gasteiger partial charge on any atom is -1.00 e. The molecule has 0 aliphatic heterocycles. The van der Waals surface area contributed by atoms with Crippen LogP contribution in [-0.2, 0) is 17.1 Å². The second-order valence-electron chi connectivity index (χ2n) is 0. The molecule has 0 nitrogen and oxygen atoms in total. The van der Waals surface area contributed by atoms with Gasteiger partial charge in [-0.05, 0) is 0 Å². The van der Waals surface area contributed by atoms with Crippen LogP contribution in [0.3, 0.4) is 0 Å². The van der Waals surface area contributed by atoms with Crippen molar-refractivity contribution in [2.75, 3.05) is 0 Å². The van der Waals surface area contributed by atoms with Gasteiger partial charge in [0.15, 0.2) is 0 Å². The van der Waals surface area contributed by atoms with E-state index in [-0.39, 0.29) is 52.2 Å². The molecule has 4 heavy (non-hydrogen) atoms. The monoisotopic (exact) mass is 101 g/mol. The molecule has 0 N–H and O–H groups in total. The van der Waals surface area contributed by atoms with Gasteiger partial charge in [0.2, 0.25) is 0 Å². The van der Waals surface area contributed by atoms with E-state index < -0.39 is 0 Å². The van der Waals surface area contributed by atoms with E-state index >= 15 is 0 Å². The Hall–Kier alpha value is 1.12. The van der Waals surface area contributed by atoms with Gasteiger partial charge in [-0.3, -0.25) is 0 Å². The molecule has 0 saturated carbocycles. The van der Waals surface area contributed by atoms with E-state index in [4.69, 9.17) is 0 Å². The van der Waals surface area contributed by atoms with Crippen LogP contribution in [0.1, 0.15) is 1.43 Å². The van der Waals surface area contributed by atoms with Crippen molar-refractivity contribution in [1.82, 2.24) is 0 Å². The van der Waals surface area contributed by atoms with Crippen LogP contribution < -0.4 is 18.9 Å². The molecule has 0 atom stereocenters. The van der Waals surface area contributed by atoms with Crippen LogP contribution in [0.25, 0.3) is 0 Å². The van der Waals surface area contributed by atoms with Crippen molar-refractivity contribution in [3.05, 3.63) is 14.9 Å². The van der Waals surface area contributed by atoms with Crippen LogP contribution in [-0.4, -0.2) is 0 Å². The molecule has 0 bridgehead atoms. The number of hydrogen-bond acceptors (Lipinski definition) is 0. The van der Waals surface area contributed by atoms with E-state index in [1.807, 2.05) is 0 Å². The van der Waals surface area contributed by atoms with Crippen LogP contribution in [0.5, 0.6) is 0 Å². The third kappa shape index (κ3) is 11.2. The molecule has 0 amide bonds. The predicted octanol–water partition coefficient (Wildman–Crippen LogP) is -1.99. The molecule has 0 aromatic heterocycles. The third-order valence-electron chi connectivity index (χ3n) is 0. The fourth-order valence-electron chi connectivity index (χ4n) is 0. The summed E-state index contributed by atoms with van der Waals surface area (Å²) in [4.78, 5) is 0. The second-order valence-corrected chi connectivity index (χ2v) is 0. The minimum atomic E-state index is 0. The van der Waals surface area contributed by atoms with Crippen molar-refractivity contribution in [3.63, 3.8) is 0 Å². The summed E-state index contributed by atoms with van der Waals surface area (Å²) >= 11 is 0. The van der Waals surface area contributed by atoms with Crippen LogP contribution in [0.2, 0.25) is 0 Å². The van der Waals surface area contributed by atoms with Crippen molar-refractivity contribution in [2.24, 2.45) is 0 Å². The molecule has 2 heteroatoms. The summed E-state index contributed by atoms with van der Waals surface area (Å²) in [6.45, 7) is 0. The van der Waals surface area contributed by atoms with Crippen molar-refractivity contribution in [1.29, 1.82) is 0 Å². The normalized spacial score (nSPS) is 0. The second kappa shape index (κ2) is 32.1. The molecule has 0 spiro atoms. The third-order valence-corrected chi connectivity index (χ3v) is 0. The Morgan fingerprint density at radius 1 is 1.00 bits per heavy atom. The molecule has 0 aliphatic rings. The quantitative estimate of drug-likeness (QED) is 0.245. The fourth-order valence-corrected chi connectivity index (χ4v) is 0. The zero-order valence-electron chi connectivity index (χ0n) is 4.30. The Bertz CT molecular complexity index is 9.61. The van der Waals surface area contributed by atoms with E-state index in [1.165, 1.54) is 0 Å². The summed E-state index contributed by atoms with van der Waals surface area (Å²) in [6.07, 6.45) is 0. The van der Waals surface area contributed by atoms with E-state index in [0.717, 1.165) is 0 Å². The number of hydrogen-bond donors (Lipinski definition) is 0. The van der Waals surface area contributed by atoms with Gasteiger partial charge in [-0.2, -0.15) is 0 Å². The van der Waals surface area contributed by atoms with Gasteiger partial charge in [0, 0.05) is 0 Å². The fraction of sp³-hybridized carbons (Fsp3) is 0. The average Bonchev–Trinajstić information content (AvgIpc) is 0. The van der Waals surface area contributed by atoms with Gasteiger partial charge in [0.05, 0.1) is 0 Å². The first-order chi connectivity index (χ1) is 0. The largest absolute Gasteiger partial charge is 2.00 e. The molecule has 0 saturated heterocycles. The first-order valence-electron chi connectivity index (χ1n) is 0. The van der Waals surface area contributed by atoms with E-state index in [1.54, 1.807) is 0 Å². The summed E-state index contributed by atoms with van der Waals surface area (Å²) in [5, 5.41) is 0. The Morgan fingerprint density at radius 2 is 1.00 bits per heavy atom. The number of rotatable bonds is 0. The maximum Gasteiger partial charge on any atom is 2.00 e. The van der Waals surface area contributed by atoms with Crippen LogP contribution >= 0.6 is 0 Å². The molecule has 0 fully saturated rings. The van der Waals surface area contributed by atoms with Gasteiger partial charge >= 0.3 is 35.9 Å². The summed E-state index contributed by atoms with van der Waals surface area (Å²) < 4.78 is 0.